The van der Waals surface area contributed by atoms with Crippen LogP contribution in [0.1, 0.15) is 43.5 Å². The highest BCUT2D eigenvalue weighted by Gasteiger charge is 2.35. The van der Waals surface area contributed by atoms with Crippen molar-refractivity contribution in [1.82, 2.24) is 10.2 Å². The summed E-state index contributed by atoms with van der Waals surface area (Å²) in [5.41, 5.74) is 8.31. The summed E-state index contributed by atoms with van der Waals surface area (Å²) in [7, 11) is 0. The van der Waals surface area contributed by atoms with Gasteiger partial charge in [-0.05, 0) is 46.1 Å². The van der Waals surface area contributed by atoms with Crippen molar-refractivity contribution in [3.63, 3.8) is 0 Å². The van der Waals surface area contributed by atoms with Crippen LogP contribution in [0.4, 0.5) is 5.82 Å². The zero-order valence-electron chi connectivity index (χ0n) is 11.5. The number of nitrogens with two attached hydrogens (primary N) is 1. The monoisotopic (exact) mass is 247 g/mol. The van der Waals surface area contributed by atoms with Crippen LogP contribution < -0.4 is 10.6 Å². The van der Waals surface area contributed by atoms with Crippen molar-refractivity contribution in [2.45, 2.75) is 46.1 Å². The van der Waals surface area contributed by atoms with Gasteiger partial charge in [0.2, 0.25) is 0 Å². The third kappa shape index (κ3) is 1.94. The van der Waals surface area contributed by atoms with Gasteiger partial charge in [-0.3, -0.25) is 5.41 Å². The minimum atomic E-state index is 0.0561. The summed E-state index contributed by atoms with van der Waals surface area (Å²) in [6.45, 7) is 9.19. The molecule has 1 aliphatic rings. The van der Waals surface area contributed by atoms with Gasteiger partial charge in [-0.15, -0.1) is 5.10 Å². The molecule has 2 heterocycles. The van der Waals surface area contributed by atoms with Gasteiger partial charge in [0.05, 0.1) is 11.3 Å². The van der Waals surface area contributed by atoms with E-state index in [4.69, 9.17) is 11.1 Å². The quantitative estimate of drug-likeness (QED) is 0.616. The number of hydrogen-bond donors (Lipinski definition) is 2. The van der Waals surface area contributed by atoms with Gasteiger partial charge in [-0.1, -0.05) is 0 Å². The highest BCUT2D eigenvalue weighted by Crippen LogP contribution is 2.34. The van der Waals surface area contributed by atoms with E-state index >= 15 is 0 Å². The predicted octanol–water partition coefficient (Wildman–Crippen LogP) is 1.76. The van der Waals surface area contributed by atoms with E-state index in [-0.39, 0.29) is 11.4 Å². The van der Waals surface area contributed by atoms with Crippen LogP contribution in [-0.2, 0) is 0 Å². The number of hydrogen-bond acceptors (Lipinski definition) is 4. The number of nitrogens with one attached hydrogen (secondary N) is 1. The molecule has 5 nitrogen and oxygen atoms in total. The summed E-state index contributed by atoms with van der Waals surface area (Å²) < 4.78 is 0. The summed E-state index contributed by atoms with van der Waals surface area (Å²) in [4.78, 5) is 2.23. The average molecular weight is 247 g/mol. The second kappa shape index (κ2) is 4.23. The summed E-state index contributed by atoms with van der Waals surface area (Å²) in [5.74, 6) is 0.830. The van der Waals surface area contributed by atoms with Crippen molar-refractivity contribution >= 4 is 11.7 Å². The van der Waals surface area contributed by atoms with Crippen LogP contribution >= 0.6 is 0 Å². The molecule has 2 rings (SSSR count). The highest BCUT2D eigenvalue weighted by atomic mass is 15.3. The van der Waals surface area contributed by atoms with Crippen molar-refractivity contribution in [1.29, 1.82) is 5.41 Å². The molecule has 1 fully saturated rings. The smallest absolute Gasteiger partial charge is 0.163 e. The molecule has 1 aromatic heterocycles. The molecular weight excluding hydrogens is 226 g/mol. The lowest BCUT2D eigenvalue weighted by Crippen LogP contribution is -2.40. The normalized spacial score (nSPS) is 18.1. The SMILES string of the molecule is Cc1nnc(N2CCCC2(C)C)c(C(=N)N)c1C. The average Bonchev–Trinajstić information content (AvgIpc) is 2.61. The predicted molar refractivity (Wildman–Crippen MR) is 73.2 cm³/mol. The maximum Gasteiger partial charge on any atom is 0.163 e. The Hall–Kier alpha value is -1.65. The molecule has 0 saturated carbocycles. The van der Waals surface area contributed by atoms with Gasteiger partial charge in [0.1, 0.15) is 5.84 Å². The summed E-state index contributed by atoms with van der Waals surface area (Å²) in [6, 6.07) is 0. The van der Waals surface area contributed by atoms with Crippen molar-refractivity contribution in [3.8, 4) is 0 Å². The Labute approximate surface area is 108 Å². The van der Waals surface area contributed by atoms with Crippen molar-refractivity contribution in [2.24, 2.45) is 5.73 Å². The number of nitrogens with zero attached hydrogens (tertiary/aromatic N) is 3. The molecular formula is C13H21N5. The molecule has 18 heavy (non-hydrogen) atoms. The topological polar surface area (TPSA) is 78.9 Å². The molecule has 3 N–H and O–H groups in total. The maximum absolute atomic E-state index is 7.79. The van der Waals surface area contributed by atoms with Gasteiger partial charge < -0.3 is 10.6 Å². The molecule has 0 aliphatic carbocycles. The zero-order chi connectivity index (χ0) is 13.5. The highest BCUT2D eigenvalue weighted by molar-refractivity contribution is 6.01. The number of aromatic nitrogens is 2. The van der Waals surface area contributed by atoms with Gasteiger partial charge in [0.15, 0.2) is 5.82 Å². The van der Waals surface area contributed by atoms with Crippen LogP contribution in [0.2, 0.25) is 0 Å². The lowest BCUT2D eigenvalue weighted by molar-refractivity contribution is 0.512. The van der Waals surface area contributed by atoms with E-state index < -0.39 is 0 Å². The Kier molecular flexibility index (Phi) is 3.00. The van der Waals surface area contributed by atoms with E-state index in [2.05, 4.69) is 28.9 Å². The lowest BCUT2D eigenvalue weighted by atomic mass is 10.0. The molecule has 0 atom stereocenters. The Morgan fingerprint density at radius 1 is 1.33 bits per heavy atom. The van der Waals surface area contributed by atoms with Gasteiger partial charge in [-0.2, -0.15) is 5.10 Å². The molecule has 0 aromatic carbocycles. The minimum Gasteiger partial charge on any atom is -0.384 e. The number of anilines is 1. The van der Waals surface area contributed by atoms with E-state index in [1.807, 2.05) is 13.8 Å². The molecule has 5 heteroatoms. The van der Waals surface area contributed by atoms with E-state index in [9.17, 15) is 0 Å². The van der Waals surface area contributed by atoms with Gasteiger partial charge in [0.25, 0.3) is 0 Å². The van der Waals surface area contributed by atoms with Crippen molar-refractivity contribution in [3.05, 3.63) is 16.8 Å². The van der Waals surface area contributed by atoms with E-state index in [1.165, 1.54) is 0 Å². The molecule has 1 aliphatic heterocycles. The van der Waals surface area contributed by atoms with Gasteiger partial charge in [0, 0.05) is 12.1 Å². The van der Waals surface area contributed by atoms with Gasteiger partial charge in [-0.25, -0.2) is 0 Å². The molecule has 1 saturated heterocycles. The molecule has 0 bridgehead atoms. The number of rotatable bonds is 2. The molecule has 98 valence electrons. The van der Waals surface area contributed by atoms with Crippen LogP contribution in [-0.4, -0.2) is 28.1 Å². The van der Waals surface area contributed by atoms with Crippen molar-refractivity contribution in [2.75, 3.05) is 11.4 Å². The standard InChI is InChI=1S/C13H21N5/c1-8-9(2)16-17-12(10(8)11(14)15)18-7-5-6-13(18,3)4/h5-7H2,1-4H3,(H3,14,15). The number of nitrogen functional groups attached to an aromatic ring is 1. The van der Waals surface area contributed by atoms with Crippen LogP contribution in [0.15, 0.2) is 0 Å². The molecule has 0 amide bonds. The number of aryl methyl sites for hydroxylation is 1. The van der Waals surface area contributed by atoms with Crippen LogP contribution in [0.25, 0.3) is 0 Å². The third-order valence-corrected chi connectivity index (χ3v) is 3.86. The van der Waals surface area contributed by atoms with Crippen LogP contribution in [0.3, 0.4) is 0 Å². The first-order chi connectivity index (χ1) is 8.34. The van der Waals surface area contributed by atoms with E-state index in [0.717, 1.165) is 42.0 Å². The van der Waals surface area contributed by atoms with E-state index in [0.29, 0.717) is 0 Å². The van der Waals surface area contributed by atoms with E-state index in [1.54, 1.807) is 0 Å². The molecule has 0 spiro atoms. The first kappa shape index (κ1) is 12.8. The fourth-order valence-electron chi connectivity index (χ4n) is 2.61. The fraction of sp³-hybridized carbons (Fsp3) is 0.615. The third-order valence-electron chi connectivity index (χ3n) is 3.86. The summed E-state index contributed by atoms with van der Waals surface area (Å²) >= 11 is 0. The van der Waals surface area contributed by atoms with Crippen LogP contribution in [0.5, 0.6) is 0 Å². The fourth-order valence-corrected chi connectivity index (χ4v) is 2.61. The first-order valence-electron chi connectivity index (χ1n) is 6.30. The first-order valence-corrected chi connectivity index (χ1v) is 6.30. The summed E-state index contributed by atoms with van der Waals surface area (Å²) in [6.07, 6.45) is 2.26. The molecule has 1 aromatic rings. The van der Waals surface area contributed by atoms with Crippen molar-refractivity contribution < 1.29 is 0 Å². The number of amidine groups is 1. The molecule has 0 radical (unpaired) electrons. The second-order valence-corrected chi connectivity index (χ2v) is 5.59. The Bertz CT molecular complexity index is 492. The second-order valence-electron chi connectivity index (χ2n) is 5.59. The molecule has 0 unspecified atom stereocenters. The Balaban J connectivity index is 2.58. The largest absolute Gasteiger partial charge is 0.384 e. The lowest BCUT2D eigenvalue weighted by Gasteiger charge is -2.33. The van der Waals surface area contributed by atoms with Crippen LogP contribution in [0, 0.1) is 19.3 Å². The van der Waals surface area contributed by atoms with Gasteiger partial charge >= 0.3 is 0 Å². The maximum atomic E-state index is 7.79. The minimum absolute atomic E-state index is 0.0561. The Morgan fingerprint density at radius 3 is 2.50 bits per heavy atom. The Morgan fingerprint density at radius 2 is 2.00 bits per heavy atom. The summed E-state index contributed by atoms with van der Waals surface area (Å²) in [5, 5.41) is 16.3. The zero-order valence-corrected chi connectivity index (χ0v) is 11.5.